The number of fused-ring (bicyclic) bond motifs is 2. The lowest BCUT2D eigenvalue weighted by Crippen LogP contribution is -2.35. The molecule has 0 spiro atoms. The van der Waals surface area contributed by atoms with Gasteiger partial charge in [0.25, 0.3) is 5.56 Å². The first kappa shape index (κ1) is 22.1. The second-order valence-corrected chi connectivity index (χ2v) is 9.71. The molecule has 174 valence electrons. The van der Waals surface area contributed by atoms with Gasteiger partial charge in [-0.25, -0.2) is 4.98 Å². The summed E-state index contributed by atoms with van der Waals surface area (Å²) < 4.78 is 0. The molecule has 0 unspecified atom stereocenters. The maximum absolute atomic E-state index is 13.0. The van der Waals surface area contributed by atoms with Gasteiger partial charge in [0.2, 0.25) is 0 Å². The van der Waals surface area contributed by atoms with Gasteiger partial charge in [-0.05, 0) is 53.6 Å². The molecule has 0 bridgehead atoms. The van der Waals surface area contributed by atoms with E-state index in [1.807, 2.05) is 42.5 Å². The second-order valence-electron chi connectivity index (χ2n) is 8.84. The van der Waals surface area contributed by atoms with Crippen molar-refractivity contribution in [2.75, 3.05) is 6.54 Å². The molecule has 7 heteroatoms. The highest BCUT2D eigenvalue weighted by Crippen LogP contribution is 2.33. The first-order chi connectivity index (χ1) is 17.0. The van der Waals surface area contributed by atoms with Crippen LogP contribution in [0.2, 0.25) is 10.0 Å². The van der Waals surface area contributed by atoms with Crippen molar-refractivity contribution >= 4 is 34.1 Å². The summed E-state index contributed by atoms with van der Waals surface area (Å²) in [5.74, 6) is 0.584. The van der Waals surface area contributed by atoms with E-state index in [9.17, 15) is 4.79 Å². The summed E-state index contributed by atoms with van der Waals surface area (Å²) in [6.07, 6.45) is 0.721. The van der Waals surface area contributed by atoms with Crippen LogP contribution in [0.4, 0.5) is 0 Å². The molecule has 0 atom stereocenters. The fraction of sp³-hybridized carbons (Fsp3) is 0.143. The van der Waals surface area contributed by atoms with Gasteiger partial charge in [-0.2, -0.15) is 0 Å². The Morgan fingerprint density at radius 3 is 2.29 bits per heavy atom. The van der Waals surface area contributed by atoms with E-state index in [0.29, 0.717) is 22.4 Å². The van der Waals surface area contributed by atoms with E-state index in [-0.39, 0.29) is 5.56 Å². The smallest absolute Gasteiger partial charge is 0.255 e. The van der Waals surface area contributed by atoms with Crippen molar-refractivity contribution in [3.8, 4) is 22.6 Å². The number of H-pyrrole nitrogens is 2. The predicted octanol–water partition coefficient (Wildman–Crippen LogP) is 6.45. The molecule has 3 aromatic carbocycles. The van der Waals surface area contributed by atoms with Crippen LogP contribution in [0.15, 0.2) is 77.6 Å². The molecule has 0 aliphatic carbocycles. The fourth-order valence-electron chi connectivity index (χ4n) is 4.81. The minimum atomic E-state index is -0.0819. The lowest BCUT2D eigenvalue weighted by Gasteiger charge is -2.28. The zero-order chi connectivity index (χ0) is 23.9. The van der Waals surface area contributed by atoms with Gasteiger partial charge in [0.15, 0.2) is 0 Å². The van der Waals surface area contributed by atoms with Crippen molar-refractivity contribution in [2.45, 2.75) is 19.5 Å². The van der Waals surface area contributed by atoms with Gasteiger partial charge in [0, 0.05) is 52.6 Å². The Bertz CT molecular complexity index is 1590. The van der Waals surface area contributed by atoms with Gasteiger partial charge < -0.3 is 9.97 Å². The van der Waals surface area contributed by atoms with Crippen molar-refractivity contribution in [1.29, 1.82) is 0 Å². The average molecular weight is 501 g/mol. The Labute approximate surface area is 212 Å². The van der Waals surface area contributed by atoms with E-state index < -0.39 is 0 Å². The molecule has 5 nitrogen and oxygen atoms in total. The molecule has 3 heterocycles. The number of nitrogens with zero attached hydrogens (tertiary/aromatic N) is 2. The molecule has 35 heavy (non-hydrogen) atoms. The molecule has 2 aromatic heterocycles. The second kappa shape index (κ2) is 9.00. The van der Waals surface area contributed by atoms with Crippen LogP contribution in [0.25, 0.3) is 33.5 Å². The molecule has 2 N–H and O–H groups in total. The number of aromatic nitrogens is 3. The molecule has 0 radical (unpaired) electrons. The SMILES string of the molecule is O=c1[nH]c(-c2ccc(Cl)cc2)nc2c1CN(Cc1c(-c3ccc(Cl)cc3)[nH]c3ccccc13)CC2. The summed E-state index contributed by atoms with van der Waals surface area (Å²) >= 11 is 12.1. The van der Waals surface area contributed by atoms with Gasteiger partial charge in [-0.1, -0.05) is 53.5 Å². The summed E-state index contributed by atoms with van der Waals surface area (Å²) in [5.41, 5.74) is 6.85. The quantitative estimate of drug-likeness (QED) is 0.298. The van der Waals surface area contributed by atoms with Crippen molar-refractivity contribution in [1.82, 2.24) is 19.9 Å². The maximum Gasteiger partial charge on any atom is 0.255 e. The van der Waals surface area contributed by atoms with E-state index in [2.05, 4.69) is 33.1 Å². The largest absolute Gasteiger partial charge is 0.354 e. The van der Waals surface area contributed by atoms with Crippen LogP contribution in [0.3, 0.4) is 0 Å². The van der Waals surface area contributed by atoms with Crippen LogP contribution in [-0.4, -0.2) is 26.4 Å². The van der Waals surface area contributed by atoms with Crippen molar-refractivity contribution in [2.24, 2.45) is 0 Å². The lowest BCUT2D eigenvalue weighted by molar-refractivity contribution is 0.243. The number of halogens is 2. The maximum atomic E-state index is 13.0. The highest BCUT2D eigenvalue weighted by Gasteiger charge is 2.24. The van der Waals surface area contributed by atoms with Gasteiger partial charge in [0.05, 0.1) is 17.0 Å². The molecule has 0 saturated carbocycles. The van der Waals surface area contributed by atoms with Gasteiger partial charge in [-0.3, -0.25) is 9.69 Å². The van der Waals surface area contributed by atoms with Crippen LogP contribution in [-0.2, 0) is 19.5 Å². The number of hydrogen-bond acceptors (Lipinski definition) is 3. The van der Waals surface area contributed by atoms with Crippen molar-refractivity contribution in [3.05, 3.63) is 110 Å². The van der Waals surface area contributed by atoms with E-state index in [4.69, 9.17) is 28.2 Å². The number of para-hydroxylation sites is 1. The van der Waals surface area contributed by atoms with Gasteiger partial charge in [0.1, 0.15) is 5.82 Å². The monoisotopic (exact) mass is 500 g/mol. The topological polar surface area (TPSA) is 64.8 Å². The standard InChI is InChI=1S/C28H22Cl2N4O/c29-19-9-5-17(6-10-19)26-22(21-3-1-2-4-24(21)31-26)15-34-14-13-25-23(16-34)28(35)33-27(32-25)18-7-11-20(30)12-8-18/h1-12,31H,13-16H2,(H,32,33,35). The van der Waals surface area contributed by atoms with E-state index in [0.717, 1.165) is 53.1 Å². The molecule has 0 saturated heterocycles. The molecule has 1 aliphatic rings. The number of benzene rings is 3. The zero-order valence-electron chi connectivity index (χ0n) is 18.8. The first-order valence-electron chi connectivity index (χ1n) is 11.5. The van der Waals surface area contributed by atoms with Crippen molar-refractivity contribution in [3.63, 3.8) is 0 Å². The minimum absolute atomic E-state index is 0.0819. The van der Waals surface area contributed by atoms with Crippen LogP contribution < -0.4 is 5.56 Å². The fourth-order valence-corrected chi connectivity index (χ4v) is 5.06. The number of hydrogen-bond donors (Lipinski definition) is 2. The Balaban J connectivity index is 1.33. The molecular formula is C28H22Cl2N4O. The third kappa shape index (κ3) is 4.27. The van der Waals surface area contributed by atoms with E-state index in [1.165, 1.54) is 10.9 Å². The van der Waals surface area contributed by atoms with Crippen molar-refractivity contribution < 1.29 is 0 Å². The Kier molecular flexibility index (Phi) is 5.69. The molecule has 0 fully saturated rings. The average Bonchev–Trinajstić information content (AvgIpc) is 3.23. The summed E-state index contributed by atoms with van der Waals surface area (Å²) in [7, 11) is 0. The molecule has 0 amide bonds. The molecule has 6 rings (SSSR count). The summed E-state index contributed by atoms with van der Waals surface area (Å²) in [5, 5.41) is 2.55. The first-order valence-corrected chi connectivity index (χ1v) is 12.3. The third-order valence-electron chi connectivity index (χ3n) is 6.59. The number of nitrogens with one attached hydrogen (secondary N) is 2. The van der Waals surface area contributed by atoms with Crippen LogP contribution >= 0.6 is 23.2 Å². The zero-order valence-corrected chi connectivity index (χ0v) is 20.3. The number of rotatable bonds is 4. The normalized spacial score (nSPS) is 13.8. The minimum Gasteiger partial charge on any atom is -0.354 e. The lowest BCUT2D eigenvalue weighted by atomic mass is 10.0. The third-order valence-corrected chi connectivity index (χ3v) is 7.10. The summed E-state index contributed by atoms with van der Waals surface area (Å²) in [4.78, 5) is 26.7. The van der Waals surface area contributed by atoms with Crippen LogP contribution in [0, 0.1) is 0 Å². The van der Waals surface area contributed by atoms with Gasteiger partial charge >= 0.3 is 0 Å². The predicted molar refractivity (Wildman–Crippen MR) is 142 cm³/mol. The van der Waals surface area contributed by atoms with Crippen LogP contribution in [0.5, 0.6) is 0 Å². The molecular weight excluding hydrogens is 479 g/mol. The van der Waals surface area contributed by atoms with E-state index >= 15 is 0 Å². The van der Waals surface area contributed by atoms with Crippen LogP contribution in [0.1, 0.15) is 16.8 Å². The summed E-state index contributed by atoms with van der Waals surface area (Å²) in [6, 6.07) is 23.6. The highest BCUT2D eigenvalue weighted by molar-refractivity contribution is 6.30. The van der Waals surface area contributed by atoms with E-state index in [1.54, 1.807) is 12.1 Å². The highest BCUT2D eigenvalue weighted by atomic mass is 35.5. The summed E-state index contributed by atoms with van der Waals surface area (Å²) in [6.45, 7) is 2.10. The Hall–Kier alpha value is -3.38. The Morgan fingerprint density at radius 1 is 0.857 bits per heavy atom. The Morgan fingerprint density at radius 2 is 1.54 bits per heavy atom. The molecule has 5 aromatic rings. The number of aromatic amines is 2. The molecule has 1 aliphatic heterocycles. The van der Waals surface area contributed by atoms with Gasteiger partial charge in [-0.15, -0.1) is 0 Å².